The van der Waals surface area contributed by atoms with E-state index in [2.05, 4.69) is 29.9 Å². The summed E-state index contributed by atoms with van der Waals surface area (Å²) < 4.78 is 24.4. The molecule has 290 valence electrons. The molecule has 0 aromatic carbocycles. The van der Waals surface area contributed by atoms with Crippen LogP contribution in [0.1, 0.15) is 54.1 Å². The van der Waals surface area contributed by atoms with Crippen LogP contribution in [0, 0.1) is 22.7 Å². The molecule has 0 saturated heterocycles. The molecule has 0 N–H and O–H groups in total. The van der Waals surface area contributed by atoms with E-state index in [1.807, 2.05) is 42.5 Å². The number of aromatic nitrogens is 6. The smallest absolute Gasteiger partial charge is 0.145 e. The summed E-state index contributed by atoms with van der Waals surface area (Å²) >= 11 is 17.0. The van der Waals surface area contributed by atoms with Gasteiger partial charge in [-0.3, -0.25) is 4.98 Å². The Bertz CT molecular complexity index is 1750. The number of methoxy groups -OCH3 is 5. The monoisotopic (exact) mass is 800 g/mol. The molecule has 0 saturated carbocycles. The first-order valence-corrected chi connectivity index (χ1v) is 16.2. The highest BCUT2D eigenvalue weighted by Gasteiger charge is 2.00. The molecule has 0 radical (unpaired) electrons. The lowest BCUT2D eigenvalue weighted by Gasteiger charge is -1.98. The summed E-state index contributed by atoms with van der Waals surface area (Å²) in [4.78, 5) is 23.1. The van der Waals surface area contributed by atoms with E-state index in [9.17, 15) is 0 Å². The number of nitriles is 2. The summed E-state index contributed by atoms with van der Waals surface area (Å²) in [5, 5.41) is 18.6. The van der Waals surface area contributed by atoms with Gasteiger partial charge in [0.25, 0.3) is 0 Å². The lowest BCUT2D eigenvalue weighted by Crippen LogP contribution is -1.93. The van der Waals surface area contributed by atoms with E-state index in [0.717, 1.165) is 27.8 Å². The van der Waals surface area contributed by atoms with Crippen molar-refractivity contribution in [3.63, 3.8) is 0 Å². The molecule has 0 aliphatic carbocycles. The molecular formula is C38H47Cl3N8O5. The zero-order valence-corrected chi connectivity index (χ0v) is 31.6. The van der Waals surface area contributed by atoms with Crippen molar-refractivity contribution in [2.75, 3.05) is 35.5 Å². The fraction of sp³-hybridized carbons (Fsp3) is 0.316. The zero-order chi connectivity index (χ0) is 38.4. The van der Waals surface area contributed by atoms with Crippen molar-refractivity contribution in [2.45, 2.75) is 47.9 Å². The van der Waals surface area contributed by atoms with Crippen LogP contribution in [0.2, 0.25) is 15.3 Å². The highest BCUT2D eigenvalue weighted by molar-refractivity contribution is 6.30. The van der Waals surface area contributed by atoms with Crippen LogP contribution in [-0.4, -0.2) is 65.5 Å². The van der Waals surface area contributed by atoms with Crippen LogP contribution in [0.3, 0.4) is 0 Å². The maximum Gasteiger partial charge on any atom is 0.145 e. The van der Waals surface area contributed by atoms with Crippen molar-refractivity contribution in [3.8, 4) is 12.1 Å². The molecule has 5 heterocycles. The van der Waals surface area contributed by atoms with Crippen LogP contribution in [0.4, 0.5) is 0 Å². The van der Waals surface area contributed by atoms with Gasteiger partial charge in [0.15, 0.2) is 0 Å². The number of pyridine rings is 4. The molecule has 0 fully saturated rings. The molecule has 5 rings (SSSR count). The molecule has 0 unspecified atom stereocenters. The Hall–Kier alpha value is -4.67. The van der Waals surface area contributed by atoms with Crippen molar-refractivity contribution in [1.29, 1.82) is 10.5 Å². The van der Waals surface area contributed by atoms with Gasteiger partial charge < -0.3 is 23.7 Å². The lowest BCUT2D eigenvalue weighted by atomic mass is 10.2. The van der Waals surface area contributed by atoms with Crippen LogP contribution in [-0.2, 0) is 56.7 Å². The second-order valence-corrected chi connectivity index (χ2v) is 10.9. The van der Waals surface area contributed by atoms with Crippen LogP contribution in [0.25, 0.3) is 0 Å². The van der Waals surface area contributed by atoms with Gasteiger partial charge in [-0.2, -0.15) is 10.5 Å². The van der Waals surface area contributed by atoms with Gasteiger partial charge in [0.2, 0.25) is 0 Å². The average Bonchev–Trinajstić information content (AvgIpc) is 3.16. The van der Waals surface area contributed by atoms with Gasteiger partial charge in [-0.15, -0.1) is 0 Å². The molecule has 0 amide bonds. The molecule has 0 aliphatic heterocycles. The fourth-order valence-electron chi connectivity index (χ4n) is 3.53. The van der Waals surface area contributed by atoms with E-state index < -0.39 is 0 Å². The van der Waals surface area contributed by atoms with Crippen molar-refractivity contribution in [3.05, 3.63) is 141 Å². The number of ether oxygens (including phenoxy) is 5. The maximum absolute atomic E-state index is 8.58. The molecule has 0 atom stereocenters. The Balaban J connectivity index is 0. The summed E-state index contributed by atoms with van der Waals surface area (Å²) in [5.74, 6) is 0. The van der Waals surface area contributed by atoms with Crippen molar-refractivity contribution in [1.82, 2.24) is 29.9 Å². The minimum absolute atomic E-state index is 0. The lowest BCUT2D eigenvalue weighted by molar-refractivity contribution is 0.184. The van der Waals surface area contributed by atoms with E-state index in [1.54, 1.807) is 84.9 Å². The molecule has 5 aromatic heterocycles. The third-order valence-electron chi connectivity index (χ3n) is 5.79. The Morgan fingerprint density at radius 3 is 1.67 bits per heavy atom. The van der Waals surface area contributed by atoms with Gasteiger partial charge in [0, 0.05) is 89.4 Å². The standard InChI is InChI=1S/2C8H8N2O.2C7H8ClNO.C6H7ClN2O.2CH4/c1-11-6-7-2-3-8(4-9)10-5-7;1-11-6-7-3-2-4-10-8(7)5-9;1-10-5-6-2-7(8)4-9-3-6;1-10-5-6-3-2-4-9-7(6)8;1-10-3-5-2-8-4-9-6(5)7;;/h2-3,5H,6H2,1H3;2-4H,6H2,1H3;2*2-4H,5H2,1H3;2,4H,3H2,1H3;2*1H4. The third kappa shape index (κ3) is 22.4. The Morgan fingerprint density at radius 1 is 0.556 bits per heavy atom. The van der Waals surface area contributed by atoms with Crippen molar-refractivity contribution < 1.29 is 23.7 Å². The quantitative estimate of drug-likeness (QED) is 0.0973. The van der Waals surface area contributed by atoms with Crippen molar-refractivity contribution >= 4 is 34.8 Å². The SMILES string of the molecule is C.C.COCc1ccc(C#N)nc1.COCc1cccnc1C#N.COCc1cccnc1Cl.COCc1cncc(Cl)c1.COCc1cncnc1Cl. The minimum atomic E-state index is 0. The summed E-state index contributed by atoms with van der Waals surface area (Å²) in [6.07, 6.45) is 11.3. The molecule has 0 aliphatic rings. The van der Waals surface area contributed by atoms with Crippen molar-refractivity contribution in [2.24, 2.45) is 0 Å². The second kappa shape index (κ2) is 32.9. The van der Waals surface area contributed by atoms with Gasteiger partial charge in [-0.25, -0.2) is 24.9 Å². The molecule has 0 spiro atoms. The van der Waals surface area contributed by atoms with Gasteiger partial charge in [-0.1, -0.05) is 67.9 Å². The molecule has 0 bridgehead atoms. The highest BCUT2D eigenvalue weighted by Crippen LogP contribution is 2.12. The first-order chi connectivity index (χ1) is 25.3. The Labute approximate surface area is 333 Å². The maximum atomic E-state index is 8.58. The summed E-state index contributed by atoms with van der Waals surface area (Å²) in [5.41, 5.74) is 5.41. The highest BCUT2D eigenvalue weighted by atomic mass is 35.5. The first kappa shape index (κ1) is 51.4. The molecular weight excluding hydrogens is 755 g/mol. The number of halogens is 3. The first-order valence-electron chi connectivity index (χ1n) is 15.0. The Kier molecular flexibility index (Phi) is 31.4. The molecule has 13 nitrogen and oxygen atoms in total. The second-order valence-electron chi connectivity index (χ2n) is 9.76. The molecule has 5 aromatic rings. The van der Waals surface area contributed by atoms with Gasteiger partial charge >= 0.3 is 0 Å². The van der Waals surface area contributed by atoms with Crippen LogP contribution >= 0.6 is 34.8 Å². The fourth-order valence-corrected chi connectivity index (χ4v) is 4.05. The Morgan fingerprint density at radius 2 is 1.13 bits per heavy atom. The van der Waals surface area contributed by atoms with E-state index >= 15 is 0 Å². The third-order valence-corrected chi connectivity index (χ3v) is 6.68. The average molecular weight is 802 g/mol. The number of nitrogens with zero attached hydrogens (tertiary/aromatic N) is 8. The van der Waals surface area contributed by atoms with Gasteiger partial charge in [0.05, 0.1) is 38.1 Å². The summed E-state index contributed by atoms with van der Waals surface area (Å²) in [6.45, 7) is 2.52. The minimum Gasteiger partial charge on any atom is -0.380 e. The largest absolute Gasteiger partial charge is 0.380 e. The van der Waals surface area contributed by atoms with Gasteiger partial charge in [0.1, 0.15) is 40.2 Å². The van der Waals surface area contributed by atoms with Crippen LogP contribution in [0.15, 0.2) is 86.0 Å². The molecule has 16 heteroatoms. The van der Waals surface area contributed by atoms with E-state index in [0.29, 0.717) is 59.8 Å². The van der Waals surface area contributed by atoms with Gasteiger partial charge in [-0.05, 0) is 35.4 Å². The van der Waals surface area contributed by atoms with Crippen LogP contribution < -0.4 is 0 Å². The zero-order valence-electron chi connectivity index (χ0n) is 29.4. The number of hydrogen-bond donors (Lipinski definition) is 0. The predicted molar refractivity (Wildman–Crippen MR) is 210 cm³/mol. The van der Waals surface area contributed by atoms with E-state index in [-0.39, 0.29) is 14.9 Å². The van der Waals surface area contributed by atoms with Crippen LogP contribution in [0.5, 0.6) is 0 Å². The molecule has 54 heavy (non-hydrogen) atoms. The number of rotatable bonds is 10. The van der Waals surface area contributed by atoms with E-state index in [4.69, 9.17) is 69.0 Å². The number of hydrogen-bond acceptors (Lipinski definition) is 13. The summed E-state index contributed by atoms with van der Waals surface area (Å²) in [7, 11) is 8.08. The normalized spacial score (nSPS) is 9.15. The predicted octanol–water partition coefficient (Wildman–Crippen LogP) is 8.51. The topological polar surface area (TPSA) is 171 Å². The van der Waals surface area contributed by atoms with E-state index in [1.165, 1.54) is 6.33 Å². The summed E-state index contributed by atoms with van der Waals surface area (Å²) in [6, 6.07) is 16.6.